The topological polar surface area (TPSA) is 58.2 Å². The Bertz CT molecular complexity index is 583. The van der Waals surface area contributed by atoms with Gasteiger partial charge in [0.25, 0.3) is 0 Å². The average molecular weight is 323 g/mol. The van der Waals surface area contributed by atoms with Crippen LogP contribution in [0.2, 0.25) is 5.02 Å². The summed E-state index contributed by atoms with van der Waals surface area (Å²) in [5.74, 6) is -0.740. The number of sulfonamides is 1. The molecule has 0 aliphatic carbocycles. The van der Waals surface area contributed by atoms with Gasteiger partial charge in [-0.25, -0.2) is 17.5 Å². The number of hydrogen-bond donors (Lipinski definition) is 2. The quantitative estimate of drug-likeness (QED) is 0.875. The second kappa shape index (κ2) is 6.39. The molecule has 0 spiro atoms. The maximum Gasteiger partial charge on any atom is 0.240 e. The van der Waals surface area contributed by atoms with Crippen LogP contribution in [-0.4, -0.2) is 22.0 Å². The van der Waals surface area contributed by atoms with Crippen molar-refractivity contribution in [2.24, 2.45) is 5.41 Å². The van der Waals surface area contributed by atoms with E-state index in [4.69, 9.17) is 11.6 Å². The summed E-state index contributed by atoms with van der Waals surface area (Å²) in [6.45, 7) is 6.28. The highest BCUT2D eigenvalue weighted by Crippen LogP contribution is 2.24. The second-order valence-electron chi connectivity index (χ2n) is 5.79. The van der Waals surface area contributed by atoms with Crippen LogP contribution in [0.5, 0.6) is 0 Å². The van der Waals surface area contributed by atoms with E-state index < -0.39 is 15.8 Å². The molecule has 1 aromatic carbocycles. The van der Waals surface area contributed by atoms with Gasteiger partial charge >= 0.3 is 0 Å². The third kappa shape index (κ3) is 4.70. The summed E-state index contributed by atoms with van der Waals surface area (Å²) < 4.78 is 40.5. The Morgan fingerprint density at radius 3 is 2.40 bits per heavy atom. The van der Waals surface area contributed by atoms with E-state index >= 15 is 0 Å². The minimum absolute atomic E-state index is 0.0610. The Hall–Kier alpha value is -0.690. The Kier molecular flexibility index (Phi) is 5.54. The second-order valence-corrected chi connectivity index (χ2v) is 7.94. The highest BCUT2D eigenvalue weighted by atomic mass is 35.5. The summed E-state index contributed by atoms with van der Waals surface area (Å²) in [5.41, 5.74) is 0.205. The van der Waals surface area contributed by atoms with E-state index in [0.717, 1.165) is 6.07 Å². The van der Waals surface area contributed by atoms with Crippen molar-refractivity contribution in [3.63, 3.8) is 0 Å². The Morgan fingerprint density at radius 2 is 1.90 bits per heavy atom. The zero-order valence-electron chi connectivity index (χ0n) is 12.0. The predicted molar refractivity (Wildman–Crippen MR) is 78.8 cm³/mol. The molecule has 0 saturated heterocycles. The lowest BCUT2D eigenvalue weighted by Crippen LogP contribution is -2.32. The third-order valence-electron chi connectivity index (χ3n) is 2.55. The Balaban J connectivity index is 3.12. The first kappa shape index (κ1) is 17.4. The molecule has 1 rings (SSSR count). The molecule has 7 heteroatoms. The first-order valence-electron chi connectivity index (χ1n) is 6.19. The zero-order chi connectivity index (χ0) is 15.6. The van der Waals surface area contributed by atoms with Crippen LogP contribution in [0.1, 0.15) is 26.3 Å². The largest absolute Gasteiger partial charge is 0.316 e. The molecule has 2 N–H and O–H groups in total. The van der Waals surface area contributed by atoms with Crippen molar-refractivity contribution in [2.45, 2.75) is 32.2 Å². The van der Waals surface area contributed by atoms with E-state index in [0.29, 0.717) is 12.1 Å². The molecule has 0 bridgehead atoms. The van der Waals surface area contributed by atoms with E-state index in [-0.39, 0.29) is 21.9 Å². The molecule has 0 unspecified atom stereocenters. The Labute approximate surface area is 124 Å². The van der Waals surface area contributed by atoms with Crippen molar-refractivity contribution in [2.75, 3.05) is 13.6 Å². The van der Waals surface area contributed by atoms with Gasteiger partial charge < -0.3 is 5.32 Å². The molecule has 0 atom stereocenters. The summed E-state index contributed by atoms with van der Waals surface area (Å²) in [6.07, 6.45) is 0. The lowest BCUT2D eigenvalue weighted by molar-refractivity contribution is 0.407. The number of hydrogen-bond acceptors (Lipinski definition) is 3. The molecular weight excluding hydrogens is 303 g/mol. The van der Waals surface area contributed by atoms with Crippen LogP contribution in [0.15, 0.2) is 17.0 Å². The van der Waals surface area contributed by atoms with Crippen molar-refractivity contribution < 1.29 is 12.8 Å². The molecule has 114 valence electrons. The molecule has 20 heavy (non-hydrogen) atoms. The van der Waals surface area contributed by atoms with Gasteiger partial charge in [0, 0.05) is 13.1 Å². The van der Waals surface area contributed by atoms with Crippen molar-refractivity contribution in [1.82, 2.24) is 10.0 Å². The maximum atomic E-state index is 13.7. The Morgan fingerprint density at radius 1 is 1.30 bits per heavy atom. The smallest absolute Gasteiger partial charge is 0.240 e. The van der Waals surface area contributed by atoms with Gasteiger partial charge in [-0.05, 0) is 30.2 Å². The highest BCUT2D eigenvalue weighted by molar-refractivity contribution is 7.89. The molecule has 0 radical (unpaired) electrons. The van der Waals surface area contributed by atoms with Crippen LogP contribution < -0.4 is 10.0 Å². The van der Waals surface area contributed by atoms with Crippen LogP contribution in [0.25, 0.3) is 0 Å². The lowest BCUT2D eigenvalue weighted by atomic mass is 9.98. The van der Waals surface area contributed by atoms with E-state index in [1.165, 1.54) is 6.07 Å². The fourth-order valence-corrected chi connectivity index (χ4v) is 3.01. The molecular formula is C13H20ClFN2O2S. The molecule has 0 amide bonds. The average Bonchev–Trinajstić information content (AvgIpc) is 2.32. The maximum absolute atomic E-state index is 13.7. The number of rotatable bonds is 5. The number of halogens is 2. The summed E-state index contributed by atoms with van der Waals surface area (Å²) in [6, 6.07) is 2.32. The number of nitrogens with one attached hydrogen (secondary N) is 2. The van der Waals surface area contributed by atoms with Crippen LogP contribution in [0.4, 0.5) is 4.39 Å². The molecule has 0 aromatic heterocycles. The van der Waals surface area contributed by atoms with Crippen molar-refractivity contribution >= 4 is 21.6 Å². The normalized spacial score (nSPS) is 12.7. The van der Waals surface area contributed by atoms with Crippen LogP contribution in [0.3, 0.4) is 0 Å². The lowest BCUT2D eigenvalue weighted by Gasteiger charge is -2.19. The summed E-state index contributed by atoms with van der Waals surface area (Å²) in [5, 5.41) is 2.76. The standard InChI is InChI=1S/C13H20ClFN2O2S/c1-13(2,3)8-17-20(18,19)10-5-9(7-16-4)12(14)11(15)6-10/h5-6,16-17H,7-8H2,1-4H3. The van der Waals surface area contributed by atoms with Gasteiger partial charge in [-0.3, -0.25) is 0 Å². The third-order valence-corrected chi connectivity index (χ3v) is 4.35. The van der Waals surface area contributed by atoms with Crippen molar-refractivity contribution in [3.05, 3.63) is 28.5 Å². The zero-order valence-corrected chi connectivity index (χ0v) is 13.6. The first-order valence-corrected chi connectivity index (χ1v) is 8.05. The summed E-state index contributed by atoms with van der Waals surface area (Å²) in [4.78, 5) is -0.117. The summed E-state index contributed by atoms with van der Waals surface area (Å²) >= 11 is 5.81. The summed E-state index contributed by atoms with van der Waals surface area (Å²) in [7, 11) is -2.08. The van der Waals surface area contributed by atoms with Crippen molar-refractivity contribution in [1.29, 1.82) is 0 Å². The SMILES string of the molecule is CNCc1cc(S(=O)(=O)NCC(C)(C)C)cc(F)c1Cl. The molecule has 0 aliphatic heterocycles. The van der Waals surface area contributed by atoms with Crippen LogP contribution in [-0.2, 0) is 16.6 Å². The van der Waals surface area contributed by atoms with Gasteiger partial charge in [-0.15, -0.1) is 0 Å². The van der Waals surface area contributed by atoms with Gasteiger partial charge in [0.05, 0.1) is 9.92 Å². The first-order chi connectivity index (χ1) is 9.07. The molecule has 0 saturated carbocycles. The van der Waals surface area contributed by atoms with Gasteiger partial charge in [-0.2, -0.15) is 0 Å². The molecule has 1 aromatic rings. The van der Waals surface area contributed by atoms with E-state index in [1.807, 2.05) is 20.8 Å². The molecule has 4 nitrogen and oxygen atoms in total. The fraction of sp³-hybridized carbons (Fsp3) is 0.538. The van der Waals surface area contributed by atoms with Gasteiger partial charge in [0.1, 0.15) is 5.82 Å². The number of benzene rings is 1. The minimum Gasteiger partial charge on any atom is -0.316 e. The van der Waals surface area contributed by atoms with E-state index in [9.17, 15) is 12.8 Å². The van der Waals surface area contributed by atoms with Gasteiger partial charge in [0.2, 0.25) is 10.0 Å². The predicted octanol–water partition coefficient (Wildman–Crippen LogP) is 2.52. The molecule has 0 heterocycles. The van der Waals surface area contributed by atoms with Gasteiger partial charge in [0.15, 0.2) is 0 Å². The van der Waals surface area contributed by atoms with Gasteiger partial charge in [-0.1, -0.05) is 32.4 Å². The molecule has 0 fully saturated rings. The highest BCUT2D eigenvalue weighted by Gasteiger charge is 2.21. The van der Waals surface area contributed by atoms with Crippen molar-refractivity contribution in [3.8, 4) is 0 Å². The van der Waals surface area contributed by atoms with E-state index in [2.05, 4.69) is 10.0 Å². The van der Waals surface area contributed by atoms with E-state index in [1.54, 1.807) is 7.05 Å². The van der Waals surface area contributed by atoms with Crippen LogP contribution >= 0.6 is 11.6 Å². The van der Waals surface area contributed by atoms with Crippen LogP contribution in [0, 0.1) is 11.2 Å². The fourth-order valence-electron chi connectivity index (χ4n) is 1.49. The monoisotopic (exact) mass is 322 g/mol. The minimum atomic E-state index is -3.75. The molecule has 0 aliphatic rings.